The minimum absolute atomic E-state index is 0.0536. The molecule has 2 heterocycles. The molecule has 1 spiro atoms. The van der Waals surface area contributed by atoms with E-state index in [0.717, 1.165) is 71.2 Å². The second kappa shape index (κ2) is 9.22. The minimum Gasteiger partial charge on any atom is -0.355 e. The van der Waals surface area contributed by atoms with E-state index in [-0.39, 0.29) is 17.8 Å². The molecule has 3 aliphatic rings. The molecule has 3 rings (SSSR count). The summed E-state index contributed by atoms with van der Waals surface area (Å²) >= 11 is 0. The number of hydrogen-bond donors (Lipinski definition) is 2. The number of amides is 4. The van der Waals surface area contributed by atoms with Gasteiger partial charge >= 0.3 is 6.03 Å². The lowest BCUT2D eigenvalue weighted by Gasteiger charge is -2.36. The van der Waals surface area contributed by atoms with Crippen LogP contribution in [0, 0.1) is 5.92 Å². The molecule has 8 nitrogen and oxygen atoms in total. The van der Waals surface area contributed by atoms with Gasteiger partial charge in [-0.25, -0.2) is 9.69 Å². The predicted molar refractivity (Wildman–Crippen MR) is 107 cm³/mol. The van der Waals surface area contributed by atoms with Crippen molar-refractivity contribution in [2.45, 2.75) is 57.9 Å². The van der Waals surface area contributed by atoms with Crippen molar-refractivity contribution >= 4 is 17.8 Å². The first-order valence-electron chi connectivity index (χ1n) is 10.8. The molecule has 0 aromatic carbocycles. The van der Waals surface area contributed by atoms with Crippen molar-refractivity contribution in [2.75, 3.05) is 45.9 Å². The standard InChI is InChI=1S/C20H35N5O3/c1-3-4-9-21-17(26)14-23-10-12-24(13-11-23)15-25-18(27)20(22-19(25)28)7-5-16(2)6-8-20/h16H,3-15H2,1-2H3,(H,21,26)(H,22,28). The number of carbonyl (C=O) groups excluding carboxylic acids is 3. The van der Waals surface area contributed by atoms with Crippen molar-refractivity contribution in [1.29, 1.82) is 0 Å². The van der Waals surface area contributed by atoms with Crippen molar-refractivity contribution in [3.63, 3.8) is 0 Å². The highest BCUT2D eigenvalue weighted by molar-refractivity contribution is 6.07. The summed E-state index contributed by atoms with van der Waals surface area (Å²) in [6.07, 6.45) is 5.54. The number of piperazine rings is 1. The van der Waals surface area contributed by atoms with Gasteiger partial charge in [-0.05, 0) is 38.0 Å². The van der Waals surface area contributed by atoms with Gasteiger partial charge < -0.3 is 10.6 Å². The first kappa shape index (κ1) is 21.0. The SMILES string of the molecule is CCCCNC(=O)CN1CCN(CN2C(=O)NC3(CCC(C)CC3)C2=O)CC1. The summed E-state index contributed by atoms with van der Waals surface area (Å²) in [4.78, 5) is 43.0. The van der Waals surface area contributed by atoms with E-state index in [1.54, 1.807) is 0 Å². The summed E-state index contributed by atoms with van der Waals surface area (Å²) < 4.78 is 0. The third-order valence-electron chi connectivity index (χ3n) is 6.40. The quantitative estimate of drug-likeness (QED) is 0.498. The van der Waals surface area contributed by atoms with E-state index in [4.69, 9.17) is 0 Å². The number of nitrogens with zero attached hydrogens (tertiary/aromatic N) is 3. The van der Waals surface area contributed by atoms with E-state index >= 15 is 0 Å². The van der Waals surface area contributed by atoms with Crippen LogP contribution in [0.15, 0.2) is 0 Å². The highest BCUT2D eigenvalue weighted by atomic mass is 16.2. The van der Waals surface area contributed by atoms with E-state index < -0.39 is 5.54 Å². The first-order valence-corrected chi connectivity index (χ1v) is 10.8. The summed E-state index contributed by atoms with van der Waals surface area (Å²) in [5.74, 6) is 0.642. The third kappa shape index (κ3) is 4.84. The first-order chi connectivity index (χ1) is 13.4. The predicted octanol–water partition coefficient (Wildman–Crippen LogP) is 0.979. The van der Waals surface area contributed by atoms with Crippen LogP contribution in [0.3, 0.4) is 0 Å². The maximum Gasteiger partial charge on any atom is 0.326 e. The molecule has 0 atom stereocenters. The molecule has 0 bridgehead atoms. The molecule has 0 aromatic rings. The van der Waals surface area contributed by atoms with Crippen LogP contribution < -0.4 is 10.6 Å². The van der Waals surface area contributed by atoms with Gasteiger partial charge in [0.05, 0.1) is 13.2 Å². The lowest BCUT2D eigenvalue weighted by molar-refractivity contribution is -0.134. The van der Waals surface area contributed by atoms with Crippen molar-refractivity contribution in [1.82, 2.24) is 25.3 Å². The molecule has 2 N–H and O–H groups in total. The number of carbonyl (C=O) groups is 3. The molecule has 0 aromatic heterocycles. The van der Waals surface area contributed by atoms with Crippen molar-refractivity contribution in [3.05, 3.63) is 0 Å². The molecule has 0 radical (unpaired) electrons. The lowest BCUT2D eigenvalue weighted by atomic mass is 9.77. The average molecular weight is 394 g/mol. The minimum atomic E-state index is -0.665. The molecule has 2 aliphatic heterocycles. The number of urea groups is 1. The zero-order valence-electron chi connectivity index (χ0n) is 17.3. The maximum atomic E-state index is 13.0. The van der Waals surface area contributed by atoms with Crippen molar-refractivity contribution < 1.29 is 14.4 Å². The van der Waals surface area contributed by atoms with Gasteiger partial charge in [-0.1, -0.05) is 20.3 Å². The van der Waals surface area contributed by atoms with E-state index in [9.17, 15) is 14.4 Å². The molecule has 28 heavy (non-hydrogen) atoms. The largest absolute Gasteiger partial charge is 0.355 e. The normalized spacial score (nSPS) is 29.4. The van der Waals surface area contributed by atoms with Crippen molar-refractivity contribution in [2.24, 2.45) is 5.92 Å². The summed E-state index contributed by atoms with van der Waals surface area (Å²) in [5, 5.41) is 5.93. The smallest absolute Gasteiger partial charge is 0.326 e. The molecule has 158 valence electrons. The van der Waals surface area contributed by atoms with Crippen LogP contribution in [0.5, 0.6) is 0 Å². The Morgan fingerprint density at radius 1 is 1.14 bits per heavy atom. The Morgan fingerprint density at radius 2 is 1.79 bits per heavy atom. The molecular formula is C20H35N5O3. The Labute approximate surface area is 168 Å². The van der Waals surface area contributed by atoms with Gasteiger partial charge in [-0.2, -0.15) is 0 Å². The zero-order valence-corrected chi connectivity index (χ0v) is 17.3. The molecule has 2 saturated heterocycles. The van der Waals surface area contributed by atoms with Gasteiger partial charge in [0.2, 0.25) is 5.91 Å². The highest BCUT2D eigenvalue weighted by Crippen LogP contribution is 2.36. The highest BCUT2D eigenvalue weighted by Gasteiger charge is 2.52. The third-order valence-corrected chi connectivity index (χ3v) is 6.40. The fourth-order valence-corrected chi connectivity index (χ4v) is 4.35. The van der Waals surface area contributed by atoms with Crippen molar-refractivity contribution in [3.8, 4) is 0 Å². The summed E-state index contributed by atoms with van der Waals surface area (Å²) in [6, 6.07) is -0.253. The number of nitrogens with one attached hydrogen (secondary N) is 2. The van der Waals surface area contributed by atoms with Crippen LogP contribution in [0.2, 0.25) is 0 Å². The van der Waals surface area contributed by atoms with Gasteiger partial charge in [0.15, 0.2) is 0 Å². The van der Waals surface area contributed by atoms with Gasteiger partial charge in [0.25, 0.3) is 5.91 Å². The van der Waals surface area contributed by atoms with Crippen LogP contribution in [-0.4, -0.2) is 84.0 Å². The van der Waals surface area contributed by atoms with Gasteiger partial charge in [0.1, 0.15) is 5.54 Å². The number of imide groups is 1. The van der Waals surface area contributed by atoms with Crippen LogP contribution in [0.25, 0.3) is 0 Å². The second-order valence-corrected chi connectivity index (χ2v) is 8.67. The van der Waals surface area contributed by atoms with Gasteiger partial charge in [-0.15, -0.1) is 0 Å². The van der Waals surface area contributed by atoms with E-state index in [2.05, 4.69) is 34.3 Å². The molecule has 8 heteroatoms. The molecular weight excluding hydrogens is 358 g/mol. The molecule has 1 aliphatic carbocycles. The van der Waals surface area contributed by atoms with Crippen LogP contribution in [0.1, 0.15) is 52.4 Å². The molecule has 1 saturated carbocycles. The number of unbranched alkanes of at least 4 members (excludes halogenated alkanes) is 1. The molecule has 4 amide bonds. The Morgan fingerprint density at radius 3 is 2.43 bits per heavy atom. The maximum absolute atomic E-state index is 13.0. The Kier molecular flexibility index (Phi) is 6.93. The lowest BCUT2D eigenvalue weighted by Crippen LogP contribution is -2.53. The molecule has 3 fully saturated rings. The summed E-state index contributed by atoms with van der Waals surface area (Å²) in [6.45, 7) is 8.86. The second-order valence-electron chi connectivity index (χ2n) is 8.67. The fraction of sp³-hybridized carbons (Fsp3) is 0.850. The van der Waals surface area contributed by atoms with E-state index in [1.807, 2.05) is 0 Å². The molecule has 0 unspecified atom stereocenters. The van der Waals surface area contributed by atoms with E-state index in [0.29, 0.717) is 19.1 Å². The monoisotopic (exact) mass is 393 g/mol. The Balaban J connectivity index is 1.44. The zero-order chi connectivity index (χ0) is 20.1. The average Bonchev–Trinajstić information content (AvgIpc) is 2.90. The Hall–Kier alpha value is -1.67. The topological polar surface area (TPSA) is 85.0 Å². The van der Waals surface area contributed by atoms with Gasteiger partial charge in [-0.3, -0.25) is 19.4 Å². The fourth-order valence-electron chi connectivity index (χ4n) is 4.35. The van der Waals surface area contributed by atoms with Gasteiger partial charge in [0, 0.05) is 32.7 Å². The van der Waals surface area contributed by atoms with Crippen LogP contribution in [0.4, 0.5) is 4.79 Å². The van der Waals surface area contributed by atoms with Crippen LogP contribution in [-0.2, 0) is 9.59 Å². The summed E-state index contributed by atoms with van der Waals surface area (Å²) in [7, 11) is 0. The number of rotatable bonds is 7. The van der Waals surface area contributed by atoms with E-state index in [1.165, 1.54) is 4.90 Å². The number of hydrogen-bond acceptors (Lipinski definition) is 5. The van der Waals surface area contributed by atoms with Crippen LogP contribution >= 0.6 is 0 Å². The Bertz CT molecular complexity index is 580. The summed E-state index contributed by atoms with van der Waals surface area (Å²) in [5.41, 5.74) is -0.665.